The molecule has 1 fully saturated rings. The first-order chi connectivity index (χ1) is 10.0. The van der Waals surface area contributed by atoms with E-state index in [1.54, 1.807) is 0 Å². The summed E-state index contributed by atoms with van der Waals surface area (Å²) in [4.78, 5) is 0.0185. The van der Waals surface area contributed by atoms with Crippen molar-refractivity contribution in [2.45, 2.75) is 24.2 Å². The van der Waals surface area contributed by atoms with E-state index in [0.29, 0.717) is 18.0 Å². The normalized spacial score (nSPS) is 18.3. The van der Waals surface area contributed by atoms with Crippen molar-refractivity contribution in [2.75, 3.05) is 19.6 Å². The van der Waals surface area contributed by atoms with Crippen LogP contribution in [0.2, 0.25) is 5.02 Å². The van der Waals surface area contributed by atoms with E-state index in [0.717, 1.165) is 32.4 Å². The molecular weight excluding hydrogens is 345 g/mol. The van der Waals surface area contributed by atoms with Crippen LogP contribution in [0.4, 0.5) is 0 Å². The fourth-order valence-corrected chi connectivity index (χ4v) is 4.02. The van der Waals surface area contributed by atoms with Gasteiger partial charge in [0.2, 0.25) is 10.0 Å². The van der Waals surface area contributed by atoms with Gasteiger partial charge < -0.3 is 5.32 Å². The zero-order valence-corrected chi connectivity index (χ0v) is 14.4. The standard InChI is InChI=1S/C14H18ClN3O2S.ClH/c15-13-8-12(9-16)3-4-14(13)21(19,20)18-7-5-11-2-1-6-17-10-11;/h3-4,8,11,17-18H,1-2,5-7,10H2;1H. The molecule has 0 saturated carbocycles. The molecule has 0 radical (unpaired) electrons. The van der Waals surface area contributed by atoms with E-state index in [1.165, 1.54) is 18.2 Å². The van der Waals surface area contributed by atoms with Crippen LogP contribution in [0.5, 0.6) is 0 Å². The molecule has 1 aromatic rings. The molecule has 22 heavy (non-hydrogen) atoms. The molecule has 2 N–H and O–H groups in total. The Morgan fingerprint density at radius 2 is 2.23 bits per heavy atom. The van der Waals surface area contributed by atoms with Crippen LogP contribution in [-0.4, -0.2) is 28.1 Å². The first-order valence-electron chi connectivity index (χ1n) is 6.93. The van der Waals surface area contributed by atoms with Crippen molar-refractivity contribution >= 4 is 34.0 Å². The zero-order valence-electron chi connectivity index (χ0n) is 12.0. The van der Waals surface area contributed by atoms with Gasteiger partial charge >= 0.3 is 0 Å². The van der Waals surface area contributed by atoms with E-state index in [2.05, 4.69) is 10.0 Å². The molecule has 1 saturated heterocycles. The summed E-state index contributed by atoms with van der Waals surface area (Å²) < 4.78 is 27.0. The molecule has 0 aromatic heterocycles. The van der Waals surface area contributed by atoms with Gasteiger partial charge in [-0.1, -0.05) is 11.6 Å². The quantitative estimate of drug-likeness (QED) is 0.840. The Kier molecular flexibility index (Phi) is 7.60. The maximum atomic E-state index is 12.2. The number of hydrogen-bond acceptors (Lipinski definition) is 4. The molecule has 1 heterocycles. The first-order valence-corrected chi connectivity index (χ1v) is 8.79. The fraction of sp³-hybridized carbons (Fsp3) is 0.500. The number of sulfonamides is 1. The number of halogens is 2. The van der Waals surface area contributed by atoms with Crippen LogP contribution in [0.15, 0.2) is 23.1 Å². The van der Waals surface area contributed by atoms with E-state index in [9.17, 15) is 8.42 Å². The average molecular weight is 364 g/mol. The van der Waals surface area contributed by atoms with Crippen LogP contribution in [0.1, 0.15) is 24.8 Å². The van der Waals surface area contributed by atoms with Crippen LogP contribution in [-0.2, 0) is 10.0 Å². The number of rotatable bonds is 5. The van der Waals surface area contributed by atoms with Crippen molar-refractivity contribution < 1.29 is 8.42 Å². The summed E-state index contributed by atoms with van der Waals surface area (Å²) in [6.07, 6.45) is 3.07. The van der Waals surface area contributed by atoms with Gasteiger partial charge in [0.25, 0.3) is 0 Å². The summed E-state index contributed by atoms with van der Waals surface area (Å²) in [5, 5.41) is 12.1. The predicted molar refractivity (Wildman–Crippen MR) is 88.8 cm³/mol. The molecule has 0 aliphatic carbocycles. The summed E-state index contributed by atoms with van der Waals surface area (Å²) in [5.41, 5.74) is 0.340. The van der Waals surface area contributed by atoms with Crippen LogP contribution < -0.4 is 10.0 Å². The molecule has 1 unspecified atom stereocenters. The molecule has 2 rings (SSSR count). The molecule has 0 spiro atoms. The highest BCUT2D eigenvalue weighted by atomic mass is 35.5. The van der Waals surface area contributed by atoms with E-state index in [4.69, 9.17) is 16.9 Å². The summed E-state index contributed by atoms with van der Waals surface area (Å²) in [5.74, 6) is 0.512. The van der Waals surface area contributed by atoms with Gasteiger partial charge in [0.1, 0.15) is 4.90 Å². The molecule has 122 valence electrons. The van der Waals surface area contributed by atoms with Crippen LogP contribution >= 0.6 is 24.0 Å². The Hall–Kier alpha value is -0.840. The molecular formula is C14H19Cl2N3O2S. The minimum absolute atomic E-state index is 0. The zero-order chi connectivity index (χ0) is 15.3. The van der Waals surface area contributed by atoms with Gasteiger partial charge in [-0.05, 0) is 56.5 Å². The Bertz CT molecular complexity index is 638. The second-order valence-corrected chi connectivity index (χ2v) is 7.30. The molecule has 5 nitrogen and oxygen atoms in total. The minimum atomic E-state index is -3.63. The van der Waals surface area contributed by atoms with Crippen LogP contribution in [0, 0.1) is 17.2 Å². The average Bonchev–Trinajstić information content (AvgIpc) is 2.47. The first kappa shape index (κ1) is 19.2. The molecule has 0 amide bonds. The number of nitrogens with zero attached hydrogens (tertiary/aromatic N) is 1. The maximum absolute atomic E-state index is 12.2. The van der Waals surface area contributed by atoms with Crippen molar-refractivity contribution in [1.29, 1.82) is 5.26 Å². The third kappa shape index (κ3) is 5.11. The van der Waals surface area contributed by atoms with E-state index in [-0.39, 0.29) is 22.3 Å². The van der Waals surface area contributed by atoms with E-state index < -0.39 is 10.0 Å². The largest absolute Gasteiger partial charge is 0.316 e. The lowest BCUT2D eigenvalue weighted by Crippen LogP contribution is -2.33. The topological polar surface area (TPSA) is 82.0 Å². The monoisotopic (exact) mass is 363 g/mol. The minimum Gasteiger partial charge on any atom is -0.316 e. The van der Waals surface area contributed by atoms with Gasteiger partial charge in [0, 0.05) is 6.54 Å². The summed E-state index contributed by atoms with van der Waals surface area (Å²) >= 11 is 5.94. The molecule has 1 aliphatic heterocycles. The summed E-state index contributed by atoms with van der Waals surface area (Å²) in [6.45, 7) is 2.38. The summed E-state index contributed by atoms with van der Waals surface area (Å²) in [6, 6.07) is 6.10. The van der Waals surface area contributed by atoms with Gasteiger partial charge in [-0.3, -0.25) is 0 Å². The highest BCUT2D eigenvalue weighted by Crippen LogP contribution is 2.22. The van der Waals surface area contributed by atoms with Crippen molar-refractivity contribution in [1.82, 2.24) is 10.0 Å². The van der Waals surface area contributed by atoms with Gasteiger partial charge in [0.05, 0.1) is 16.7 Å². The second-order valence-electron chi connectivity index (χ2n) is 5.16. The second kappa shape index (κ2) is 8.70. The molecule has 0 bridgehead atoms. The van der Waals surface area contributed by atoms with Gasteiger partial charge in [0.15, 0.2) is 0 Å². The number of benzene rings is 1. The van der Waals surface area contributed by atoms with Crippen molar-refractivity contribution in [3.05, 3.63) is 28.8 Å². The Labute approximate surface area is 142 Å². The third-order valence-electron chi connectivity index (χ3n) is 3.59. The van der Waals surface area contributed by atoms with Crippen molar-refractivity contribution in [2.24, 2.45) is 5.92 Å². The van der Waals surface area contributed by atoms with Gasteiger partial charge in [-0.15, -0.1) is 12.4 Å². The van der Waals surface area contributed by atoms with Gasteiger partial charge in [-0.2, -0.15) is 5.26 Å². The lowest BCUT2D eigenvalue weighted by Gasteiger charge is -2.22. The number of hydrogen-bond donors (Lipinski definition) is 2. The van der Waals surface area contributed by atoms with E-state index >= 15 is 0 Å². The van der Waals surface area contributed by atoms with Crippen molar-refractivity contribution in [3.8, 4) is 6.07 Å². The molecule has 1 atom stereocenters. The number of nitrogens with one attached hydrogen (secondary N) is 2. The lowest BCUT2D eigenvalue weighted by molar-refractivity contribution is 0.358. The molecule has 1 aliphatic rings. The van der Waals surface area contributed by atoms with Crippen LogP contribution in [0.3, 0.4) is 0 Å². The van der Waals surface area contributed by atoms with E-state index in [1.807, 2.05) is 6.07 Å². The number of nitriles is 1. The number of piperidine rings is 1. The van der Waals surface area contributed by atoms with Gasteiger partial charge in [-0.25, -0.2) is 13.1 Å². The Morgan fingerprint density at radius 1 is 1.45 bits per heavy atom. The smallest absolute Gasteiger partial charge is 0.242 e. The lowest BCUT2D eigenvalue weighted by atomic mass is 9.96. The maximum Gasteiger partial charge on any atom is 0.242 e. The fourth-order valence-electron chi connectivity index (χ4n) is 2.43. The molecule has 1 aromatic carbocycles. The Morgan fingerprint density at radius 3 is 2.82 bits per heavy atom. The summed E-state index contributed by atoms with van der Waals surface area (Å²) in [7, 11) is -3.63. The SMILES string of the molecule is Cl.N#Cc1ccc(S(=O)(=O)NCCC2CCCNC2)c(Cl)c1. The third-order valence-corrected chi connectivity index (χ3v) is 5.54. The highest BCUT2D eigenvalue weighted by Gasteiger charge is 2.19. The predicted octanol–water partition coefficient (Wildman–Crippen LogP) is 2.30. The van der Waals surface area contributed by atoms with Crippen molar-refractivity contribution in [3.63, 3.8) is 0 Å². The molecule has 8 heteroatoms. The Balaban J connectivity index is 0.00000242. The highest BCUT2D eigenvalue weighted by molar-refractivity contribution is 7.89. The van der Waals surface area contributed by atoms with Crippen LogP contribution in [0.25, 0.3) is 0 Å².